The molecule has 0 saturated heterocycles. The van der Waals surface area contributed by atoms with Gasteiger partial charge in [0.05, 0.1) is 0 Å². The Balaban J connectivity index is 1.76. The van der Waals surface area contributed by atoms with Gasteiger partial charge in [-0.2, -0.15) is 0 Å². The Morgan fingerprint density at radius 1 is 0.833 bits per heavy atom. The molecule has 120 valence electrons. The van der Waals surface area contributed by atoms with Crippen molar-refractivity contribution in [2.75, 3.05) is 0 Å². The summed E-state index contributed by atoms with van der Waals surface area (Å²) in [6.07, 6.45) is 1.05. The maximum atomic E-state index is 12.3. The number of para-hydroxylation sites is 1. The molecule has 3 aromatic rings. The molecule has 0 aliphatic rings. The summed E-state index contributed by atoms with van der Waals surface area (Å²) in [7, 11) is 0. The molecule has 0 fully saturated rings. The SMILES string of the molecule is Cc1cccc(-c2ccccc2)c1OC(=O)CCc1ccccc1. The fraction of sp³-hybridized carbons (Fsp3) is 0.136. The molecule has 0 spiro atoms. The zero-order chi connectivity index (χ0) is 16.8. The second-order valence-electron chi connectivity index (χ2n) is 5.78. The van der Waals surface area contributed by atoms with Crippen molar-refractivity contribution in [3.63, 3.8) is 0 Å². The van der Waals surface area contributed by atoms with Gasteiger partial charge in [-0.05, 0) is 30.0 Å². The van der Waals surface area contributed by atoms with Gasteiger partial charge < -0.3 is 4.74 Å². The van der Waals surface area contributed by atoms with Crippen molar-refractivity contribution in [1.82, 2.24) is 0 Å². The Labute approximate surface area is 142 Å². The van der Waals surface area contributed by atoms with Gasteiger partial charge in [-0.25, -0.2) is 0 Å². The highest BCUT2D eigenvalue weighted by Crippen LogP contribution is 2.33. The van der Waals surface area contributed by atoms with Crippen molar-refractivity contribution in [2.45, 2.75) is 19.8 Å². The topological polar surface area (TPSA) is 26.3 Å². The average molecular weight is 316 g/mol. The van der Waals surface area contributed by atoms with Crippen LogP contribution in [0.5, 0.6) is 5.75 Å². The van der Waals surface area contributed by atoms with Crippen molar-refractivity contribution >= 4 is 5.97 Å². The Kier molecular flexibility index (Phi) is 5.07. The van der Waals surface area contributed by atoms with Crippen LogP contribution in [0.3, 0.4) is 0 Å². The largest absolute Gasteiger partial charge is 0.426 e. The highest BCUT2D eigenvalue weighted by atomic mass is 16.5. The van der Waals surface area contributed by atoms with E-state index in [9.17, 15) is 4.79 Å². The third-order valence-corrected chi connectivity index (χ3v) is 3.97. The predicted octanol–water partition coefficient (Wildman–Crippen LogP) is 5.20. The number of hydrogen-bond donors (Lipinski definition) is 0. The van der Waals surface area contributed by atoms with Crippen LogP contribution in [0.2, 0.25) is 0 Å². The van der Waals surface area contributed by atoms with E-state index in [1.807, 2.05) is 85.8 Å². The van der Waals surface area contributed by atoms with Crippen LogP contribution in [0.4, 0.5) is 0 Å². The highest BCUT2D eigenvalue weighted by Gasteiger charge is 2.13. The van der Waals surface area contributed by atoms with Gasteiger partial charge in [0.25, 0.3) is 0 Å². The van der Waals surface area contributed by atoms with Crippen LogP contribution in [0.15, 0.2) is 78.9 Å². The Morgan fingerprint density at radius 3 is 2.21 bits per heavy atom. The molecule has 0 amide bonds. The van der Waals surface area contributed by atoms with E-state index in [0.717, 1.165) is 22.3 Å². The van der Waals surface area contributed by atoms with Crippen LogP contribution in [0.1, 0.15) is 17.5 Å². The molecule has 0 radical (unpaired) electrons. The summed E-state index contributed by atoms with van der Waals surface area (Å²) < 4.78 is 5.71. The minimum Gasteiger partial charge on any atom is -0.426 e. The lowest BCUT2D eigenvalue weighted by Crippen LogP contribution is -2.10. The number of aryl methyl sites for hydroxylation is 2. The van der Waals surface area contributed by atoms with Crippen LogP contribution in [-0.2, 0) is 11.2 Å². The molecule has 0 saturated carbocycles. The lowest BCUT2D eigenvalue weighted by atomic mass is 10.0. The minimum atomic E-state index is -0.203. The van der Waals surface area contributed by atoms with E-state index >= 15 is 0 Å². The van der Waals surface area contributed by atoms with Gasteiger partial charge in [0.1, 0.15) is 5.75 Å². The van der Waals surface area contributed by atoms with E-state index in [4.69, 9.17) is 4.74 Å². The monoisotopic (exact) mass is 316 g/mol. The van der Waals surface area contributed by atoms with Crippen LogP contribution >= 0.6 is 0 Å². The van der Waals surface area contributed by atoms with E-state index in [2.05, 4.69) is 0 Å². The first-order chi connectivity index (χ1) is 11.7. The van der Waals surface area contributed by atoms with E-state index in [1.165, 1.54) is 0 Å². The van der Waals surface area contributed by atoms with E-state index in [0.29, 0.717) is 18.6 Å². The van der Waals surface area contributed by atoms with Gasteiger partial charge in [-0.1, -0.05) is 78.9 Å². The third-order valence-electron chi connectivity index (χ3n) is 3.97. The van der Waals surface area contributed by atoms with Crippen molar-refractivity contribution in [3.8, 4) is 16.9 Å². The molecule has 0 atom stereocenters. The summed E-state index contributed by atoms with van der Waals surface area (Å²) in [5.41, 5.74) is 4.10. The second kappa shape index (κ2) is 7.60. The number of carbonyl (C=O) groups excluding carboxylic acids is 1. The maximum Gasteiger partial charge on any atom is 0.311 e. The molecule has 24 heavy (non-hydrogen) atoms. The molecule has 3 aromatic carbocycles. The molecule has 0 unspecified atom stereocenters. The number of carbonyl (C=O) groups is 1. The molecule has 0 aliphatic heterocycles. The summed E-state index contributed by atoms with van der Waals surface area (Å²) >= 11 is 0. The highest BCUT2D eigenvalue weighted by molar-refractivity contribution is 5.79. The third kappa shape index (κ3) is 3.90. The summed E-state index contributed by atoms with van der Waals surface area (Å²) in [4.78, 5) is 12.3. The first kappa shape index (κ1) is 16.0. The van der Waals surface area contributed by atoms with Gasteiger partial charge in [0.15, 0.2) is 0 Å². The molecule has 3 rings (SSSR count). The van der Waals surface area contributed by atoms with Crippen molar-refractivity contribution in [3.05, 3.63) is 90.0 Å². The fourth-order valence-electron chi connectivity index (χ4n) is 2.69. The maximum absolute atomic E-state index is 12.3. The molecule has 0 N–H and O–H groups in total. The predicted molar refractivity (Wildman–Crippen MR) is 97.0 cm³/mol. The van der Waals surface area contributed by atoms with E-state index in [-0.39, 0.29) is 5.97 Å². The zero-order valence-electron chi connectivity index (χ0n) is 13.7. The normalized spacial score (nSPS) is 10.4. The molecule has 2 heteroatoms. The molecule has 2 nitrogen and oxygen atoms in total. The molecule has 0 heterocycles. The summed E-state index contributed by atoms with van der Waals surface area (Å²) in [6.45, 7) is 1.96. The number of ether oxygens (including phenoxy) is 1. The quantitative estimate of drug-likeness (QED) is 0.477. The lowest BCUT2D eigenvalue weighted by molar-refractivity contribution is -0.134. The molecule has 0 bridgehead atoms. The van der Waals surface area contributed by atoms with Crippen molar-refractivity contribution in [2.24, 2.45) is 0 Å². The number of benzene rings is 3. The van der Waals surface area contributed by atoms with Crippen LogP contribution in [0, 0.1) is 6.92 Å². The Morgan fingerprint density at radius 2 is 1.50 bits per heavy atom. The zero-order valence-corrected chi connectivity index (χ0v) is 13.7. The molecular weight excluding hydrogens is 296 g/mol. The summed E-state index contributed by atoms with van der Waals surface area (Å²) in [5.74, 6) is 0.451. The Bertz CT molecular complexity index is 808. The summed E-state index contributed by atoms with van der Waals surface area (Å²) in [5, 5.41) is 0. The second-order valence-corrected chi connectivity index (χ2v) is 5.78. The molecular formula is C22H20O2. The fourth-order valence-corrected chi connectivity index (χ4v) is 2.69. The van der Waals surface area contributed by atoms with Gasteiger partial charge in [-0.15, -0.1) is 0 Å². The first-order valence-electron chi connectivity index (χ1n) is 8.13. The number of rotatable bonds is 5. The van der Waals surface area contributed by atoms with Gasteiger partial charge >= 0.3 is 5.97 Å². The van der Waals surface area contributed by atoms with Crippen LogP contribution in [0.25, 0.3) is 11.1 Å². The minimum absolute atomic E-state index is 0.203. The first-order valence-corrected chi connectivity index (χ1v) is 8.13. The van der Waals surface area contributed by atoms with Gasteiger partial charge in [-0.3, -0.25) is 4.79 Å². The van der Waals surface area contributed by atoms with E-state index < -0.39 is 0 Å². The summed E-state index contributed by atoms with van der Waals surface area (Å²) in [6, 6.07) is 25.9. The Hall–Kier alpha value is -2.87. The number of hydrogen-bond acceptors (Lipinski definition) is 2. The standard InChI is InChI=1S/C22H20O2/c1-17-9-8-14-20(19-12-6-3-7-13-19)22(17)24-21(23)16-15-18-10-4-2-5-11-18/h2-14H,15-16H2,1H3. The smallest absolute Gasteiger partial charge is 0.311 e. The van der Waals surface area contributed by atoms with Gasteiger partial charge in [0, 0.05) is 12.0 Å². The van der Waals surface area contributed by atoms with Crippen molar-refractivity contribution in [1.29, 1.82) is 0 Å². The van der Waals surface area contributed by atoms with E-state index in [1.54, 1.807) is 0 Å². The lowest BCUT2D eigenvalue weighted by Gasteiger charge is -2.13. The molecule has 0 aromatic heterocycles. The van der Waals surface area contributed by atoms with Crippen LogP contribution in [-0.4, -0.2) is 5.97 Å². The average Bonchev–Trinajstić information content (AvgIpc) is 2.63. The number of esters is 1. The van der Waals surface area contributed by atoms with Gasteiger partial charge in [0.2, 0.25) is 0 Å². The van der Waals surface area contributed by atoms with Crippen molar-refractivity contribution < 1.29 is 9.53 Å². The van der Waals surface area contributed by atoms with Crippen LogP contribution < -0.4 is 4.74 Å². The molecule has 0 aliphatic carbocycles.